The Morgan fingerprint density at radius 2 is 2.11 bits per heavy atom. The van der Waals surface area contributed by atoms with Gasteiger partial charge in [0.15, 0.2) is 0 Å². The maximum absolute atomic E-state index is 11.0. The van der Waals surface area contributed by atoms with E-state index >= 15 is 0 Å². The van der Waals surface area contributed by atoms with Gasteiger partial charge in [0, 0.05) is 19.3 Å². The van der Waals surface area contributed by atoms with Crippen molar-refractivity contribution in [2.75, 3.05) is 11.9 Å². The number of hydrogen-bond acceptors (Lipinski definition) is 3. The average Bonchev–Trinajstić information content (AvgIpc) is 2.27. The Balaban J connectivity index is 3.02. The minimum Gasteiger partial charge on any atom is -0.478 e. The Morgan fingerprint density at radius 1 is 1.50 bits per heavy atom. The second kappa shape index (κ2) is 6.05. The van der Waals surface area contributed by atoms with Crippen molar-refractivity contribution in [3.05, 3.63) is 22.8 Å². The fourth-order valence-electron chi connectivity index (χ4n) is 1.89. The van der Waals surface area contributed by atoms with Crippen LogP contribution >= 0.6 is 11.6 Å². The summed E-state index contributed by atoms with van der Waals surface area (Å²) in [6, 6.07) is 1.66. The Morgan fingerprint density at radius 3 is 2.61 bits per heavy atom. The lowest BCUT2D eigenvalue weighted by Crippen LogP contribution is -2.31. The largest absolute Gasteiger partial charge is 0.478 e. The van der Waals surface area contributed by atoms with E-state index in [4.69, 9.17) is 16.7 Å². The van der Waals surface area contributed by atoms with Crippen molar-refractivity contribution in [3.8, 4) is 0 Å². The van der Waals surface area contributed by atoms with Crippen LogP contribution in [0, 0.1) is 5.92 Å². The third-order valence-corrected chi connectivity index (χ3v) is 3.28. The predicted molar refractivity (Wildman–Crippen MR) is 73.5 cm³/mol. The molecule has 1 aromatic rings. The fourth-order valence-corrected chi connectivity index (χ4v) is 2.22. The molecule has 0 fully saturated rings. The van der Waals surface area contributed by atoms with Gasteiger partial charge in [-0.15, -0.1) is 0 Å². The van der Waals surface area contributed by atoms with Crippen LogP contribution in [-0.4, -0.2) is 29.1 Å². The molecule has 0 aliphatic heterocycles. The predicted octanol–water partition coefficient (Wildman–Crippen LogP) is 3.30. The molecule has 100 valence electrons. The number of hydrogen-bond donors (Lipinski definition) is 1. The van der Waals surface area contributed by atoms with E-state index in [1.54, 1.807) is 0 Å². The molecule has 1 aromatic heterocycles. The van der Waals surface area contributed by atoms with Crippen LogP contribution in [0.1, 0.15) is 37.6 Å². The zero-order chi connectivity index (χ0) is 13.9. The van der Waals surface area contributed by atoms with Gasteiger partial charge in [-0.05, 0) is 25.3 Å². The van der Waals surface area contributed by atoms with E-state index in [1.165, 1.54) is 12.3 Å². The normalized spacial score (nSPS) is 12.6. The summed E-state index contributed by atoms with van der Waals surface area (Å²) < 4.78 is 0. The molecule has 0 bridgehead atoms. The monoisotopic (exact) mass is 270 g/mol. The Kier molecular flexibility index (Phi) is 4.96. The number of halogens is 1. The molecule has 0 aliphatic rings. The average molecular weight is 271 g/mol. The van der Waals surface area contributed by atoms with Crippen LogP contribution in [0.2, 0.25) is 5.02 Å². The minimum absolute atomic E-state index is 0.0882. The number of carbonyl (C=O) groups is 1. The second-order valence-electron chi connectivity index (χ2n) is 4.89. The van der Waals surface area contributed by atoms with Crippen LogP contribution in [0.4, 0.5) is 5.82 Å². The molecule has 0 amide bonds. The van der Waals surface area contributed by atoms with Gasteiger partial charge in [0.2, 0.25) is 0 Å². The molecular weight excluding hydrogens is 252 g/mol. The third kappa shape index (κ3) is 3.35. The lowest BCUT2D eigenvalue weighted by molar-refractivity contribution is 0.0697. The maximum atomic E-state index is 11.0. The Hall–Kier alpha value is -1.29. The number of nitrogens with zero attached hydrogens (tertiary/aromatic N) is 2. The van der Waals surface area contributed by atoms with Crippen molar-refractivity contribution in [2.24, 2.45) is 5.92 Å². The minimum atomic E-state index is -1.03. The molecule has 1 rings (SSSR count). The van der Waals surface area contributed by atoms with Gasteiger partial charge in [-0.1, -0.05) is 25.4 Å². The SMILES string of the molecule is CC(C)CC(C)N(C)c1nccc(C(=O)O)c1Cl. The standard InChI is InChI=1S/C13H19ClN2O2/c1-8(2)7-9(3)16(4)12-11(14)10(13(17)18)5-6-15-12/h5-6,8-9H,7H2,1-4H3,(H,17,18). The molecule has 5 heteroatoms. The first-order valence-corrected chi connectivity index (χ1v) is 6.33. The zero-order valence-electron chi connectivity index (χ0n) is 11.1. The summed E-state index contributed by atoms with van der Waals surface area (Å²) in [6.45, 7) is 6.37. The molecule has 1 unspecified atom stereocenters. The first kappa shape index (κ1) is 14.8. The lowest BCUT2D eigenvalue weighted by atomic mass is 10.0. The topological polar surface area (TPSA) is 53.4 Å². The van der Waals surface area contributed by atoms with Crippen molar-refractivity contribution < 1.29 is 9.90 Å². The summed E-state index contributed by atoms with van der Waals surface area (Å²) in [6.07, 6.45) is 2.47. The first-order valence-electron chi connectivity index (χ1n) is 5.95. The summed E-state index contributed by atoms with van der Waals surface area (Å²) in [5.41, 5.74) is 0.0882. The summed E-state index contributed by atoms with van der Waals surface area (Å²) >= 11 is 6.09. The van der Waals surface area contributed by atoms with Crippen LogP contribution in [0.5, 0.6) is 0 Å². The summed E-state index contributed by atoms with van der Waals surface area (Å²) in [5.74, 6) is 0.0437. The molecule has 0 saturated carbocycles. The van der Waals surface area contributed by atoms with Crippen molar-refractivity contribution in [3.63, 3.8) is 0 Å². The number of aromatic carboxylic acids is 1. The van der Waals surface area contributed by atoms with E-state index in [0.29, 0.717) is 11.7 Å². The highest BCUT2D eigenvalue weighted by Gasteiger charge is 2.19. The highest BCUT2D eigenvalue weighted by atomic mass is 35.5. The van der Waals surface area contributed by atoms with Crippen LogP contribution in [-0.2, 0) is 0 Å². The van der Waals surface area contributed by atoms with Gasteiger partial charge < -0.3 is 10.0 Å². The van der Waals surface area contributed by atoms with Gasteiger partial charge in [-0.25, -0.2) is 9.78 Å². The molecule has 0 saturated heterocycles. The van der Waals surface area contributed by atoms with E-state index in [9.17, 15) is 4.79 Å². The summed E-state index contributed by atoms with van der Waals surface area (Å²) in [4.78, 5) is 17.1. The second-order valence-corrected chi connectivity index (χ2v) is 5.27. The fraction of sp³-hybridized carbons (Fsp3) is 0.538. The van der Waals surface area contributed by atoms with Gasteiger partial charge in [-0.2, -0.15) is 0 Å². The quantitative estimate of drug-likeness (QED) is 0.892. The van der Waals surface area contributed by atoms with E-state index < -0.39 is 5.97 Å². The number of rotatable bonds is 5. The third-order valence-electron chi connectivity index (χ3n) is 2.91. The van der Waals surface area contributed by atoms with Gasteiger partial charge in [0.1, 0.15) is 5.82 Å². The van der Waals surface area contributed by atoms with Crippen molar-refractivity contribution in [1.82, 2.24) is 4.98 Å². The first-order chi connectivity index (χ1) is 8.34. The van der Waals surface area contributed by atoms with Crippen LogP contribution in [0.25, 0.3) is 0 Å². The lowest BCUT2D eigenvalue weighted by Gasteiger charge is -2.28. The van der Waals surface area contributed by atoms with Crippen molar-refractivity contribution in [1.29, 1.82) is 0 Å². The van der Waals surface area contributed by atoms with Crippen molar-refractivity contribution in [2.45, 2.75) is 33.2 Å². The Labute approximate surface area is 113 Å². The van der Waals surface area contributed by atoms with E-state index in [2.05, 4.69) is 25.8 Å². The number of carboxylic acid groups (broad SMARTS) is 1. The summed E-state index contributed by atoms with van der Waals surface area (Å²) in [5, 5.41) is 9.22. The van der Waals surface area contributed by atoms with Crippen LogP contribution < -0.4 is 4.90 Å². The van der Waals surface area contributed by atoms with E-state index in [-0.39, 0.29) is 16.6 Å². The molecule has 0 radical (unpaired) electrons. The molecule has 1 N–H and O–H groups in total. The number of aromatic nitrogens is 1. The van der Waals surface area contributed by atoms with Crippen LogP contribution in [0.3, 0.4) is 0 Å². The van der Waals surface area contributed by atoms with Gasteiger partial charge in [0.05, 0.1) is 10.6 Å². The zero-order valence-corrected chi connectivity index (χ0v) is 11.9. The van der Waals surface area contributed by atoms with Crippen LogP contribution in [0.15, 0.2) is 12.3 Å². The molecule has 0 aliphatic carbocycles. The molecule has 4 nitrogen and oxygen atoms in total. The molecule has 1 atom stereocenters. The highest BCUT2D eigenvalue weighted by molar-refractivity contribution is 6.35. The number of carboxylic acids is 1. The summed E-state index contributed by atoms with van der Waals surface area (Å²) in [7, 11) is 1.88. The highest BCUT2D eigenvalue weighted by Crippen LogP contribution is 2.28. The van der Waals surface area contributed by atoms with Crippen molar-refractivity contribution >= 4 is 23.4 Å². The molecule has 18 heavy (non-hydrogen) atoms. The maximum Gasteiger partial charge on any atom is 0.337 e. The van der Waals surface area contributed by atoms with Gasteiger partial charge in [0.25, 0.3) is 0 Å². The molecule has 0 spiro atoms. The van der Waals surface area contributed by atoms with Gasteiger partial charge >= 0.3 is 5.97 Å². The molecule has 1 heterocycles. The van der Waals surface area contributed by atoms with Gasteiger partial charge in [-0.3, -0.25) is 0 Å². The smallest absolute Gasteiger partial charge is 0.337 e. The number of pyridine rings is 1. The number of anilines is 1. The molecular formula is C13H19ClN2O2. The molecule has 0 aromatic carbocycles. The van der Waals surface area contributed by atoms with E-state index in [1.807, 2.05) is 11.9 Å². The Bertz CT molecular complexity index is 435. The van der Waals surface area contributed by atoms with E-state index in [0.717, 1.165) is 6.42 Å².